The van der Waals surface area contributed by atoms with E-state index in [-0.39, 0.29) is 43.0 Å². The van der Waals surface area contributed by atoms with E-state index in [4.69, 9.17) is 52.1 Å². The van der Waals surface area contributed by atoms with Crippen LogP contribution in [-0.2, 0) is 78.5 Å². The molecule has 0 aliphatic rings. The van der Waals surface area contributed by atoms with Gasteiger partial charge in [0.15, 0.2) is 17.3 Å². The summed E-state index contributed by atoms with van der Waals surface area (Å²) < 4.78 is 63.9. The molecule has 0 spiro atoms. The first-order valence-corrected chi connectivity index (χ1v) is 40.6. The molecule has 624 valence electrons. The molecule has 0 aliphatic carbocycles. The number of carbonyl (C=O) groups is 4. The molecule has 0 atom stereocenters. The molecule has 16 rings (SSSR count). The zero-order valence-corrected chi connectivity index (χ0v) is 69.7. The Morgan fingerprint density at radius 3 is 0.984 bits per heavy atom. The molecule has 124 heavy (non-hydrogen) atoms. The summed E-state index contributed by atoms with van der Waals surface area (Å²) in [5.74, 6) is 7.86. The minimum Gasteiger partial charge on any atom is -0.489 e. The lowest BCUT2D eigenvalue weighted by Gasteiger charge is -2.14. The number of Topliss-reactive ketones (excluding diaryl/α,β-unsaturated/α-hetero) is 4. The molecule has 0 saturated heterocycles. The number of rotatable bonds is 35. The number of hydrogen-bond acceptors (Lipinski definition) is 19. The van der Waals surface area contributed by atoms with Crippen LogP contribution in [0.15, 0.2) is 334 Å². The highest BCUT2D eigenvalue weighted by Crippen LogP contribution is 2.31. The molecule has 4 heterocycles. The lowest BCUT2D eigenvalue weighted by molar-refractivity contribution is -0.119. The van der Waals surface area contributed by atoms with E-state index in [1.54, 1.807) is 6.92 Å². The molecular weight excluding hydrogens is 1560 g/mol. The fourth-order valence-corrected chi connectivity index (χ4v) is 12.8. The van der Waals surface area contributed by atoms with E-state index in [0.29, 0.717) is 99.5 Å². The van der Waals surface area contributed by atoms with E-state index >= 15 is 0 Å². The summed E-state index contributed by atoms with van der Waals surface area (Å²) in [6.07, 6.45) is 0.426. The molecule has 0 amide bonds. The van der Waals surface area contributed by atoms with Crippen LogP contribution in [0.25, 0.3) is 43.6 Å². The van der Waals surface area contributed by atoms with Crippen molar-refractivity contribution in [1.29, 1.82) is 0 Å². The van der Waals surface area contributed by atoms with Gasteiger partial charge in [-0.15, -0.1) is 0 Å². The molecule has 16 aromatic rings. The van der Waals surface area contributed by atoms with Gasteiger partial charge < -0.3 is 52.1 Å². The van der Waals surface area contributed by atoms with E-state index in [9.17, 15) is 19.2 Å². The summed E-state index contributed by atoms with van der Waals surface area (Å²) in [5.41, 5.74) is 13.0. The number of para-hydroxylation sites is 6. The first kappa shape index (κ1) is 86.6. The summed E-state index contributed by atoms with van der Waals surface area (Å²) in [5, 5.41) is 4.44. The summed E-state index contributed by atoms with van der Waals surface area (Å²) in [4.78, 5) is 63.5. The fraction of sp³-hybridized carbons (Fsp3) is 0.162. The van der Waals surface area contributed by atoms with Crippen LogP contribution in [0.3, 0.4) is 0 Å². The van der Waals surface area contributed by atoms with Gasteiger partial charge in [-0.1, -0.05) is 182 Å². The van der Waals surface area contributed by atoms with Crippen molar-refractivity contribution in [1.82, 2.24) is 19.9 Å². The Balaban J connectivity index is 0.000000142. The zero-order valence-electron chi connectivity index (χ0n) is 69.7. The third kappa shape index (κ3) is 27.1. The van der Waals surface area contributed by atoms with Gasteiger partial charge in [0, 0.05) is 51.2 Å². The van der Waals surface area contributed by atoms with Crippen molar-refractivity contribution in [2.45, 2.75) is 93.9 Å². The first-order valence-electron chi connectivity index (χ1n) is 40.6. The number of nitrogens with zero attached hydrogens (tertiary/aromatic N) is 4. The molecule has 0 bridgehead atoms. The average Bonchev–Trinajstić information content (AvgIpc) is 0.850. The van der Waals surface area contributed by atoms with Crippen LogP contribution < -0.4 is 52.1 Å². The lowest BCUT2D eigenvalue weighted by atomic mass is 10.0. The summed E-state index contributed by atoms with van der Waals surface area (Å²) in [6.45, 7) is 11.2. The van der Waals surface area contributed by atoms with Crippen molar-refractivity contribution in [3.63, 3.8) is 0 Å². The van der Waals surface area contributed by atoms with E-state index < -0.39 is 0 Å². The second-order valence-corrected chi connectivity index (χ2v) is 29.1. The number of hydrogen-bond donors (Lipinski definition) is 0. The van der Waals surface area contributed by atoms with Crippen molar-refractivity contribution in [2.75, 3.05) is 19.8 Å². The Hall–Kier alpha value is -15.2. The van der Waals surface area contributed by atoms with Crippen LogP contribution in [0.2, 0.25) is 0 Å². The topological polar surface area (TPSA) is 221 Å². The van der Waals surface area contributed by atoms with E-state index in [1.165, 1.54) is 20.8 Å². The van der Waals surface area contributed by atoms with Crippen LogP contribution in [0.5, 0.6) is 63.2 Å². The number of benzene rings is 12. The van der Waals surface area contributed by atoms with E-state index in [1.807, 2.05) is 322 Å². The molecule has 0 radical (unpaired) electrons. The highest BCUT2D eigenvalue weighted by atomic mass is 16.5. The van der Waals surface area contributed by atoms with Gasteiger partial charge in [-0.3, -0.25) is 19.2 Å². The lowest BCUT2D eigenvalue weighted by Crippen LogP contribution is -2.10. The van der Waals surface area contributed by atoms with Gasteiger partial charge in [0.1, 0.15) is 142 Å². The van der Waals surface area contributed by atoms with Crippen molar-refractivity contribution in [3.05, 3.63) is 390 Å². The quantitative estimate of drug-likeness (QED) is 0.0360. The zero-order chi connectivity index (χ0) is 86.0. The van der Waals surface area contributed by atoms with Crippen molar-refractivity contribution in [2.24, 2.45) is 0 Å². The normalized spacial score (nSPS) is 10.7. The predicted molar refractivity (Wildman–Crippen MR) is 481 cm³/mol. The Morgan fingerprint density at radius 2 is 0.548 bits per heavy atom. The van der Waals surface area contributed by atoms with Gasteiger partial charge in [0.2, 0.25) is 0 Å². The maximum absolute atomic E-state index is 11.4. The molecule has 0 saturated carbocycles. The van der Waals surface area contributed by atoms with Gasteiger partial charge in [0.05, 0.1) is 44.8 Å². The molecule has 12 aromatic carbocycles. The number of aromatic nitrogens is 4. The third-order valence-electron chi connectivity index (χ3n) is 19.0. The number of ether oxygens (including phenoxy) is 11. The molecule has 0 fully saturated rings. The molecule has 4 aromatic heterocycles. The first-order chi connectivity index (χ1) is 60.6. The predicted octanol–water partition coefficient (Wildman–Crippen LogP) is 21.9. The SMILES string of the molecule is CC(=O)COc1c(C)cccc1COc1cccc(OCc2ccc3ccccc3n2)c1.CC(=O)COc1cccc(COc2cccc(OCc3ccc4ccccc4n3)c2)c1.CC(=O)COc1ccccc1COc1ccc(OCc2ccc3ccccc3n2)cc1.CC(=O)Cc1ccccc1COc1ccc(OCc2ccc3ccccc3n2)cc1. The molecular formula is C105H94N4O15. The monoisotopic (exact) mass is 1650 g/mol. The van der Waals surface area contributed by atoms with Crippen molar-refractivity contribution >= 4 is 66.7 Å². The molecule has 19 heteroatoms. The van der Waals surface area contributed by atoms with Crippen LogP contribution >= 0.6 is 0 Å². The Bertz CT molecular complexity index is 6260. The second-order valence-electron chi connectivity index (χ2n) is 29.1. The molecule has 19 nitrogen and oxygen atoms in total. The highest BCUT2D eigenvalue weighted by molar-refractivity contribution is 5.82. The van der Waals surface area contributed by atoms with Crippen LogP contribution in [0.4, 0.5) is 0 Å². The number of ketones is 4. The molecule has 0 aliphatic heterocycles. The number of aryl methyl sites for hydroxylation is 1. The maximum Gasteiger partial charge on any atom is 0.167 e. The molecule has 0 N–H and O–H groups in total. The van der Waals surface area contributed by atoms with Gasteiger partial charge >= 0.3 is 0 Å². The fourth-order valence-electron chi connectivity index (χ4n) is 12.8. The summed E-state index contributed by atoms with van der Waals surface area (Å²) in [6, 6.07) is 107. The van der Waals surface area contributed by atoms with E-state index in [0.717, 1.165) is 123 Å². The third-order valence-corrected chi connectivity index (χ3v) is 19.0. The van der Waals surface area contributed by atoms with Crippen molar-refractivity contribution in [3.8, 4) is 63.2 Å². The molecule has 0 unspecified atom stereocenters. The summed E-state index contributed by atoms with van der Waals surface area (Å²) >= 11 is 0. The minimum atomic E-state index is -0.0230. The Labute approximate surface area is 720 Å². The van der Waals surface area contributed by atoms with E-state index in [2.05, 4.69) is 38.1 Å². The number of carbonyl (C=O) groups excluding carboxylic acids is 4. The largest absolute Gasteiger partial charge is 0.489 e. The van der Waals surface area contributed by atoms with Gasteiger partial charge in [0.25, 0.3) is 0 Å². The van der Waals surface area contributed by atoms with Gasteiger partial charge in [-0.2, -0.15) is 0 Å². The standard InChI is InChI=1S/C27H25NO4.2C26H23NO4.C26H23NO3/c1-19-7-5-9-22(27(19)32-16-20(2)29)17-30-24-10-6-11-25(15-24)31-18-23-14-13-21-8-3-4-12-26(21)28-23;1-19(28)16-31-26-9-5-3-7-21(26)17-29-23-12-14-24(15-13-23)30-18-22-11-10-20-6-2-4-8-25(20)27-22;1-19(28)16-29-23-8-4-6-20(14-23)17-30-24-9-5-10-25(15-24)31-18-22-13-12-21-7-2-3-11-26(21)27-22;1-19(28)16-21-7-2-3-8-22(21)17-29-24-12-14-25(15-13-24)30-18-23-11-10-20-6-4-5-9-26(20)27-23/h3-15H,16-18H2,1-2H3;2*2-15H,16-18H2,1H3;2-15H,16-18H2,1H3. The Morgan fingerprint density at radius 1 is 0.234 bits per heavy atom. The van der Waals surface area contributed by atoms with Crippen LogP contribution in [0.1, 0.15) is 83.9 Å². The van der Waals surface area contributed by atoms with Crippen molar-refractivity contribution < 1.29 is 71.3 Å². The van der Waals surface area contributed by atoms with Gasteiger partial charge in [-0.25, -0.2) is 19.9 Å². The minimum absolute atomic E-state index is 0.0163. The number of fused-ring (bicyclic) bond motifs is 4. The summed E-state index contributed by atoms with van der Waals surface area (Å²) in [7, 11) is 0. The second kappa shape index (κ2) is 44.7. The smallest absolute Gasteiger partial charge is 0.167 e. The van der Waals surface area contributed by atoms with Gasteiger partial charge in [-0.05, 0) is 196 Å². The maximum atomic E-state index is 11.4. The average molecular weight is 1650 g/mol. The Kier molecular flexibility index (Phi) is 31.2. The van der Waals surface area contributed by atoms with Crippen LogP contribution in [0, 0.1) is 6.92 Å². The number of pyridine rings is 4. The van der Waals surface area contributed by atoms with Crippen LogP contribution in [-0.4, -0.2) is 62.9 Å². The highest BCUT2D eigenvalue weighted by Gasteiger charge is 2.14.